The van der Waals surface area contributed by atoms with Gasteiger partial charge in [-0.2, -0.15) is 0 Å². The topological polar surface area (TPSA) is 52.5 Å². The Morgan fingerprint density at radius 3 is 2.47 bits per heavy atom. The zero-order chi connectivity index (χ0) is 11.1. The Labute approximate surface area is 92.9 Å². The van der Waals surface area contributed by atoms with Gasteiger partial charge in [0.1, 0.15) is 0 Å². The van der Waals surface area contributed by atoms with E-state index in [4.69, 9.17) is 5.11 Å². The van der Waals surface area contributed by atoms with Crippen LogP contribution in [0.2, 0.25) is 0 Å². The molecule has 1 aliphatic rings. The lowest BCUT2D eigenvalue weighted by atomic mass is 9.83. The highest BCUT2D eigenvalue weighted by Gasteiger charge is 2.20. The Morgan fingerprint density at radius 1 is 1.27 bits per heavy atom. The summed E-state index contributed by atoms with van der Waals surface area (Å²) >= 11 is 0. The lowest BCUT2D eigenvalue weighted by Gasteiger charge is -2.29. The van der Waals surface area contributed by atoms with Crippen LogP contribution in [0, 0.1) is 5.92 Å². The molecule has 0 aliphatic heterocycles. The first-order valence-electron chi connectivity index (χ1n) is 6.28. The number of hydrogen-bond acceptors (Lipinski definition) is 3. The first kappa shape index (κ1) is 12.9. The van der Waals surface area contributed by atoms with Gasteiger partial charge in [-0.3, -0.25) is 0 Å². The zero-order valence-corrected chi connectivity index (χ0v) is 9.78. The van der Waals surface area contributed by atoms with E-state index < -0.39 is 6.10 Å². The van der Waals surface area contributed by atoms with Crippen LogP contribution in [0.1, 0.15) is 45.4 Å². The minimum Gasteiger partial charge on any atom is -0.394 e. The molecule has 0 heterocycles. The molecule has 1 fully saturated rings. The third-order valence-electron chi connectivity index (χ3n) is 3.40. The maximum absolute atomic E-state index is 9.21. The molecule has 1 aliphatic carbocycles. The van der Waals surface area contributed by atoms with Crippen molar-refractivity contribution in [3.63, 3.8) is 0 Å². The first-order chi connectivity index (χ1) is 7.26. The number of aliphatic hydroxyl groups is 2. The summed E-state index contributed by atoms with van der Waals surface area (Å²) in [6.45, 7) is 2.64. The van der Waals surface area contributed by atoms with E-state index in [2.05, 4.69) is 12.2 Å². The highest BCUT2D eigenvalue weighted by Crippen LogP contribution is 2.27. The molecule has 1 saturated carbocycles. The second-order valence-corrected chi connectivity index (χ2v) is 4.75. The van der Waals surface area contributed by atoms with Crippen molar-refractivity contribution >= 4 is 0 Å². The molecule has 0 aromatic heterocycles. The molecule has 3 N–H and O–H groups in total. The summed E-state index contributed by atoms with van der Waals surface area (Å²) in [7, 11) is 0. The molecule has 0 radical (unpaired) electrons. The fraction of sp³-hybridized carbons (Fsp3) is 1.00. The average Bonchev–Trinajstić information content (AvgIpc) is 2.28. The Bertz CT molecular complexity index is 156. The monoisotopic (exact) mass is 215 g/mol. The molecule has 0 saturated heterocycles. The Kier molecular flexibility index (Phi) is 6.22. The van der Waals surface area contributed by atoms with E-state index in [1.165, 1.54) is 38.5 Å². The van der Waals surface area contributed by atoms with Crippen molar-refractivity contribution in [2.75, 3.05) is 13.2 Å². The molecule has 0 unspecified atom stereocenters. The highest BCUT2D eigenvalue weighted by atomic mass is 16.3. The van der Waals surface area contributed by atoms with Crippen LogP contribution in [0.15, 0.2) is 0 Å². The van der Waals surface area contributed by atoms with Crippen molar-refractivity contribution < 1.29 is 10.2 Å². The number of rotatable bonds is 6. The lowest BCUT2D eigenvalue weighted by molar-refractivity contribution is 0.0893. The van der Waals surface area contributed by atoms with Crippen molar-refractivity contribution in [1.82, 2.24) is 5.32 Å². The van der Waals surface area contributed by atoms with Crippen molar-refractivity contribution in [2.24, 2.45) is 5.92 Å². The maximum Gasteiger partial charge on any atom is 0.0895 e. The SMILES string of the molecule is CCCC1CCC(NC[C@H](O)CO)CC1. The van der Waals surface area contributed by atoms with Gasteiger partial charge >= 0.3 is 0 Å². The van der Waals surface area contributed by atoms with Gasteiger partial charge < -0.3 is 15.5 Å². The minimum absolute atomic E-state index is 0.141. The standard InChI is InChI=1S/C12H25NO2/c1-2-3-10-4-6-11(7-5-10)13-8-12(15)9-14/h10-15H,2-9H2,1H3/t10?,11?,12-/m0/s1. The van der Waals surface area contributed by atoms with Gasteiger partial charge in [0.25, 0.3) is 0 Å². The molecule has 0 bridgehead atoms. The highest BCUT2D eigenvalue weighted by molar-refractivity contribution is 4.77. The lowest BCUT2D eigenvalue weighted by Crippen LogP contribution is -2.39. The van der Waals surface area contributed by atoms with Crippen LogP contribution in [0.4, 0.5) is 0 Å². The fourth-order valence-electron chi connectivity index (χ4n) is 2.43. The quantitative estimate of drug-likeness (QED) is 0.626. The van der Waals surface area contributed by atoms with Gasteiger partial charge in [-0.15, -0.1) is 0 Å². The molecule has 3 heteroatoms. The summed E-state index contributed by atoms with van der Waals surface area (Å²) < 4.78 is 0. The van der Waals surface area contributed by atoms with E-state index in [9.17, 15) is 5.11 Å². The van der Waals surface area contributed by atoms with Gasteiger partial charge in [-0.05, 0) is 31.6 Å². The van der Waals surface area contributed by atoms with E-state index in [-0.39, 0.29) is 6.61 Å². The second kappa shape index (κ2) is 7.20. The van der Waals surface area contributed by atoms with Gasteiger partial charge in [0.15, 0.2) is 0 Å². The number of aliphatic hydroxyl groups excluding tert-OH is 2. The summed E-state index contributed by atoms with van der Waals surface area (Å²) in [6.07, 6.45) is 7.16. The third-order valence-corrected chi connectivity index (χ3v) is 3.40. The van der Waals surface area contributed by atoms with E-state index in [0.717, 1.165) is 5.92 Å². The number of nitrogens with one attached hydrogen (secondary N) is 1. The molecular weight excluding hydrogens is 190 g/mol. The maximum atomic E-state index is 9.21. The van der Waals surface area contributed by atoms with Gasteiger partial charge in [-0.1, -0.05) is 19.8 Å². The van der Waals surface area contributed by atoms with Crippen molar-refractivity contribution in [3.05, 3.63) is 0 Å². The minimum atomic E-state index is -0.599. The molecule has 3 nitrogen and oxygen atoms in total. The molecule has 0 aromatic carbocycles. The second-order valence-electron chi connectivity index (χ2n) is 4.75. The predicted octanol–water partition coefficient (Wildman–Crippen LogP) is 1.29. The van der Waals surface area contributed by atoms with Crippen LogP contribution >= 0.6 is 0 Å². The third kappa shape index (κ3) is 4.96. The summed E-state index contributed by atoms with van der Waals surface area (Å²) in [4.78, 5) is 0. The van der Waals surface area contributed by atoms with Crippen molar-refractivity contribution in [2.45, 2.75) is 57.6 Å². The predicted molar refractivity (Wildman–Crippen MR) is 61.7 cm³/mol. The molecule has 0 aromatic rings. The summed E-state index contributed by atoms with van der Waals surface area (Å²) in [6, 6.07) is 0.555. The molecular formula is C12H25NO2. The fourth-order valence-corrected chi connectivity index (χ4v) is 2.43. The van der Waals surface area contributed by atoms with Crippen LogP contribution in [-0.2, 0) is 0 Å². The first-order valence-corrected chi connectivity index (χ1v) is 6.28. The summed E-state index contributed by atoms with van der Waals surface area (Å²) in [5.74, 6) is 0.927. The normalized spacial score (nSPS) is 29.0. The Hall–Kier alpha value is -0.120. The van der Waals surface area contributed by atoms with E-state index in [1.807, 2.05) is 0 Å². The summed E-state index contributed by atoms with van der Waals surface area (Å²) in [5.41, 5.74) is 0. The molecule has 15 heavy (non-hydrogen) atoms. The molecule has 0 amide bonds. The van der Waals surface area contributed by atoms with E-state index >= 15 is 0 Å². The van der Waals surface area contributed by atoms with Gasteiger partial charge in [0.05, 0.1) is 12.7 Å². The molecule has 90 valence electrons. The number of hydrogen-bond donors (Lipinski definition) is 3. The average molecular weight is 215 g/mol. The van der Waals surface area contributed by atoms with Crippen molar-refractivity contribution in [1.29, 1.82) is 0 Å². The van der Waals surface area contributed by atoms with Crippen LogP contribution in [0.3, 0.4) is 0 Å². The van der Waals surface area contributed by atoms with Gasteiger partial charge in [0, 0.05) is 12.6 Å². The van der Waals surface area contributed by atoms with Gasteiger partial charge in [0.2, 0.25) is 0 Å². The molecule has 0 spiro atoms. The molecule has 1 atom stereocenters. The van der Waals surface area contributed by atoms with Crippen LogP contribution in [0.5, 0.6) is 0 Å². The van der Waals surface area contributed by atoms with Crippen LogP contribution in [-0.4, -0.2) is 35.5 Å². The van der Waals surface area contributed by atoms with E-state index in [1.54, 1.807) is 0 Å². The van der Waals surface area contributed by atoms with Crippen molar-refractivity contribution in [3.8, 4) is 0 Å². The van der Waals surface area contributed by atoms with Crippen LogP contribution in [0.25, 0.3) is 0 Å². The van der Waals surface area contributed by atoms with Crippen LogP contribution < -0.4 is 5.32 Å². The zero-order valence-electron chi connectivity index (χ0n) is 9.78. The Balaban J connectivity index is 2.09. The largest absolute Gasteiger partial charge is 0.394 e. The Morgan fingerprint density at radius 2 is 1.93 bits per heavy atom. The van der Waals surface area contributed by atoms with Gasteiger partial charge in [-0.25, -0.2) is 0 Å². The van der Waals surface area contributed by atoms with E-state index in [0.29, 0.717) is 12.6 Å². The molecule has 1 rings (SSSR count). The summed E-state index contributed by atoms with van der Waals surface area (Å²) in [5, 5.41) is 21.2. The smallest absolute Gasteiger partial charge is 0.0895 e.